The molecule has 0 aromatic carbocycles. The molecule has 0 heterocycles. The molecule has 90 valence electrons. The summed E-state index contributed by atoms with van der Waals surface area (Å²) < 4.78 is 5.68. The smallest absolute Gasteiger partial charge is 0.306 e. The Labute approximate surface area is 92.4 Å². The van der Waals surface area contributed by atoms with Crippen molar-refractivity contribution in [1.29, 1.82) is 0 Å². The maximum atomic E-state index is 10.3. The average molecular weight is 234 g/mol. The van der Waals surface area contributed by atoms with Crippen LogP contribution in [0.2, 0.25) is 18.1 Å². The summed E-state index contributed by atoms with van der Waals surface area (Å²) in [6.07, 6.45) is -1.16. The highest BCUT2D eigenvalue weighted by molar-refractivity contribution is 6.74. The van der Waals surface area contributed by atoms with Gasteiger partial charge >= 0.3 is 5.97 Å². The normalized spacial score (nSPS) is 15.1. The molecule has 4 nitrogen and oxygen atoms in total. The van der Waals surface area contributed by atoms with Crippen molar-refractivity contribution in [2.75, 3.05) is 6.61 Å². The van der Waals surface area contributed by atoms with Gasteiger partial charge in [-0.3, -0.25) is 4.79 Å². The van der Waals surface area contributed by atoms with Gasteiger partial charge in [0.05, 0.1) is 19.1 Å². The molecule has 0 aromatic heterocycles. The summed E-state index contributed by atoms with van der Waals surface area (Å²) in [5.41, 5.74) is 0. The second kappa shape index (κ2) is 5.09. The van der Waals surface area contributed by atoms with E-state index in [0.29, 0.717) is 0 Å². The number of aliphatic carboxylic acids is 1. The monoisotopic (exact) mass is 234 g/mol. The van der Waals surface area contributed by atoms with Crippen molar-refractivity contribution in [1.82, 2.24) is 0 Å². The van der Waals surface area contributed by atoms with Gasteiger partial charge in [0.25, 0.3) is 0 Å². The van der Waals surface area contributed by atoms with Gasteiger partial charge in [-0.25, -0.2) is 0 Å². The molecular formula is C10H22O4Si. The highest BCUT2D eigenvalue weighted by Gasteiger charge is 2.37. The summed E-state index contributed by atoms with van der Waals surface area (Å²) in [5, 5.41) is 17.9. The van der Waals surface area contributed by atoms with Crippen LogP contribution in [0.25, 0.3) is 0 Å². The number of carboxylic acid groups (broad SMARTS) is 1. The van der Waals surface area contributed by atoms with E-state index in [-0.39, 0.29) is 18.1 Å². The summed E-state index contributed by atoms with van der Waals surface area (Å²) in [6, 6.07) is 0. The SMILES string of the molecule is CC(C)(C)[Si](C)(C)OCC(O)CC(=O)O. The van der Waals surface area contributed by atoms with Crippen molar-refractivity contribution in [3.8, 4) is 0 Å². The Morgan fingerprint density at radius 2 is 1.87 bits per heavy atom. The van der Waals surface area contributed by atoms with Crippen LogP contribution in [0.15, 0.2) is 0 Å². The van der Waals surface area contributed by atoms with Gasteiger partial charge in [0.2, 0.25) is 0 Å². The van der Waals surface area contributed by atoms with Crippen molar-refractivity contribution in [3.63, 3.8) is 0 Å². The first-order valence-electron chi connectivity index (χ1n) is 5.10. The fourth-order valence-corrected chi connectivity index (χ4v) is 1.82. The molecule has 0 amide bonds. The first-order chi connectivity index (χ1) is 6.56. The zero-order valence-corrected chi connectivity index (χ0v) is 11.2. The maximum absolute atomic E-state index is 10.3. The lowest BCUT2D eigenvalue weighted by atomic mass is 10.2. The Hall–Kier alpha value is -0.393. The molecule has 0 aliphatic carbocycles. The molecule has 15 heavy (non-hydrogen) atoms. The Morgan fingerprint density at radius 1 is 1.40 bits per heavy atom. The summed E-state index contributed by atoms with van der Waals surface area (Å²) in [6.45, 7) is 10.6. The molecule has 0 aliphatic rings. The first kappa shape index (κ1) is 14.6. The molecule has 5 heteroatoms. The van der Waals surface area contributed by atoms with Crippen molar-refractivity contribution in [2.24, 2.45) is 0 Å². The van der Waals surface area contributed by atoms with E-state index in [1.54, 1.807) is 0 Å². The van der Waals surface area contributed by atoms with E-state index >= 15 is 0 Å². The molecule has 2 N–H and O–H groups in total. The van der Waals surface area contributed by atoms with Crippen LogP contribution in [0.4, 0.5) is 0 Å². The number of carboxylic acids is 1. The second-order valence-electron chi connectivity index (χ2n) is 5.32. The predicted octanol–water partition coefficient (Wildman–Crippen LogP) is 1.84. The third-order valence-corrected chi connectivity index (χ3v) is 7.35. The van der Waals surface area contributed by atoms with Crippen LogP contribution in [-0.2, 0) is 9.22 Å². The van der Waals surface area contributed by atoms with Crippen molar-refractivity contribution < 1.29 is 19.4 Å². The van der Waals surface area contributed by atoms with E-state index in [1.807, 2.05) is 0 Å². The fraction of sp³-hybridized carbons (Fsp3) is 0.900. The Bertz CT molecular complexity index is 220. The Kier molecular flexibility index (Phi) is 4.96. The molecular weight excluding hydrogens is 212 g/mol. The lowest BCUT2D eigenvalue weighted by Gasteiger charge is -2.36. The van der Waals surface area contributed by atoms with E-state index < -0.39 is 20.4 Å². The van der Waals surface area contributed by atoms with Gasteiger partial charge in [-0.2, -0.15) is 0 Å². The van der Waals surface area contributed by atoms with Gasteiger partial charge in [0.15, 0.2) is 8.32 Å². The van der Waals surface area contributed by atoms with Crippen LogP contribution in [-0.4, -0.2) is 37.2 Å². The number of rotatable bonds is 5. The van der Waals surface area contributed by atoms with Gasteiger partial charge in [-0.05, 0) is 18.1 Å². The van der Waals surface area contributed by atoms with Crippen LogP contribution in [0, 0.1) is 0 Å². The fourth-order valence-electron chi connectivity index (χ4n) is 0.782. The van der Waals surface area contributed by atoms with Gasteiger partial charge < -0.3 is 14.6 Å². The number of carbonyl (C=O) groups is 1. The number of aliphatic hydroxyl groups excluding tert-OH is 1. The molecule has 0 aromatic rings. The molecule has 0 radical (unpaired) electrons. The van der Waals surface area contributed by atoms with Crippen molar-refractivity contribution in [3.05, 3.63) is 0 Å². The van der Waals surface area contributed by atoms with Crippen LogP contribution in [0.3, 0.4) is 0 Å². The van der Waals surface area contributed by atoms with Crippen molar-refractivity contribution >= 4 is 14.3 Å². The highest BCUT2D eigenvalue weighted by atomic mass is 28.4. The molecule has 0 aliphatic heterocycles. The highest BCUT2D eigenvalue weighted by Crippen LogP contribution is 2.36. The van der Waals surface area contributed by atoms with Crippen molar-refractivity contribution in [2.45, 2.75) is 51.4 Å². The summed E-state index contributed by atoms with van der Waals surface area (Å²) >= 11 is 0. The van der Waals surface area contributed by atoms with Gasteiger partial charge in [-0.15, -0.1) is 0 Å². The molecule has 0 fully saturated rings. The van der Waals surface area contributed by atoms with Gasteiger partial charge in [0, 0.05) is 0 Å². The lowest BCUT2D eigenvalue weighted by Crippen LogP contribution is -2.42. The van der Waals surface area contributed by atoms with Crippen LogP contribution < -0.4 is 0 Å². The average Bonchev–Trinajstić information content (AvgIpc) is 1.97. The third kappa shape index (κ3) is 5.29. The van der Waals surface area contributed by atoms with E-state index in [9.17, 15) is 9.90 Å². The van der Waals surface area contributed by atoms with E-state index in [1.165, 1.54) is 0 Å². The largest absolute Gasteiger partial charge is 0.481 e. The molecule has 0 saturated carbocycles. The summed E-state index contributed by atoms with van der Waals surface area (Å²) in [4.78, 5) is 10.3. The standard InChI is InChI=1S/C10H22O4Si/c1-10(2,3)15(4,5)14-7-8(11)6-9(12)13/h8,11H,6-7H2,1-5H3,(H,12,13). The molecule has 1 atom stereocenters. The molecule has 0 saturated heterocycles. The number of hydrogen-bond acceptors (Lipinski definition) is 3. The molecule has 1 unspecified atom stereocenters. The number of aliphatic hydroxyl groups is 1. The second-order valence-corrected chi connectivity index (χ2v) is 10.1. The van der Waals surface area contributed by atoms with Gasteiger partial charge in [0.1, 0.15) is 0 Å². The van der Waals surface area contributed by atoms with Gasteiger partial charge in [-0.1, -0.05) is 20.8 Å². The molecule has 0 spiro atoms. The lowest BCUT2D eigenvalue weighted by molar-refractivity contribution is -0.139. The Balaban J connectivity index is 4.10. The molecule has 0 rings (SSSR count). The topological polar surface area (TPSA) is 66.8 Å². The first-order valence-corrected chi connectivity index (χ1v) is 8.01. The van der Waals surface area contributed by atoms with E-state index in [4.69, 9.17) is 9.53 Å². The minimum Gasteiger partial charge on any atom is -0.481 e. The van der Waals surface area contributed by atoms with Crippen LogP contribution in [0.5, 0.6) is 0 Å². The van der Waals surface area contributed by atoms with E-state index in [0.717, 1.165) is 0 Å². The summed E-state index contributed by atoms with van der Waals surface area (Å²) in [5.74, 6) is -0.999. The van der Waals surface area contributed by atoms with E-state index in [2.05, 4.69) is 33.9 Å². The third-order valence-electron chi connectivity index (χ3n) is 2.85. The maximum Gasteiger partial charge on any atom is 0.306 e. The minimum atomic E-state index is -1.87. The molecule has 0 bridgehead atoms. The summed E-state index contributed by atoms with van der Waals surface area (Å²) in [7, 11) is -1.87. The predicted molar refractivity (Wildman–Crippen MR) is 61.4 cm³/mol. The Morgan fingerprint density at radius 3 is 2.20 bits per heavy atom. The zero-order valence-electron chi connectivity index (χ0n) is 10.2. The quantitative estimate of drug-likeness (QED) is 0.712. The zero-order chi connectivity index (χ0) is 12.3. The van der Waals surface area contributed by atoms with Crippen LogP contribution >= 0.6 is 0 Å². The van der Waals surface area contributed by atoms with Crippen LogP contribution in [0.1, 0.15) is 27.2 Å². The number of hydrogen-bond donors (Lipinski definition) is 2. The minimum absolute atomic E-state index is 0.0793.